The number of ether oxygens (including phenoxy) is 1. The van der Waals surface area contributed by atoms with E-state index in [1.165, 1.54) is 0 Å². The van der Waals surface area contributed by atoms with Gasteiger partial charge in [0.05, 0.1) is 18.9 Å². The third-order valence-electron chi connectivity index (χ3n) is 5.39. The molecule has 0 spiro atoms. The molecule has 0 aliphatic rings. The van der Waals surface area contributed by atoms with Gasteiger partial charge >= 0.3 is 0 Å². The van der Waals surface area contributed by atoms with E-state index in [9.17, 15) is 9.59 Å². The number of nitrogens with zero attached hydrogens (tertiary/aromatic N) is 1. The van der Waals surface area contributed by atoms with Crippen LogP contribution in [0.2, 0.25) is 0 Å². The van der Waals surface area contributed by atoms with Crippen molar-refractivity contribution in [3.05, 3.63) is 88.7 Å². The Morgan fingerprint density at radius 2 is 1.73 bits per heavy atom. The van der Waals surface area contributed by atoms with Gasteiger partial charge in [-0.3, -0.25) is 9.59 Å². The Bertz CT molecular complexity index is 1300. The number of aromatic amines is 1. The average molecular weight is 443 g/mol. The van der Waals surface area contributed by atoms with E-state index in [0.29, 0.717) is 30.7 Å². The Hall–Kier alpha value is -4.13. The van der Waals surface area contributed by atoms with Gasteiger partial charge in [-0.1, -0.05) is 54.6 Å². The van der Waals surface area contributed by atoms with Crippen LogP contribution in [0.25, 0.3) is 21.9 Å². The summed E-state index contributed by atoms with van der Waals surface area (Å²) in [5.74, 6) is 1.43. The van der Waals surface area contributed by atoms with Gasteiger partial charge in [-0.15, -0.1) is 0 Å². The molecule has 7 nitrogen and oxygen atoms in total. The number of carbonyl (C=O) groups is 1. The van der Waals surface area contributed by atoms with E-state index in [4.69, 9.17) is 4.74 Å². The number of hydrogen-bond acceptors (Lipinski definition) is 5. The zero-order valence-electron chi connectivity index (χ0n) is 18.4. The van der Waals surface area contributed by atoms with Crippen molar-refractivity contribution in [3.63, 3.8) is 0 Å². The van der Waals surface area contributed by atoms with Crippen LogP contribution in [0.1, 0.15) is 12.0 Å². The predicted molar refractivity (Wildman–Crippen MR) is 131 cm³/mol. The number of amides is 1. The number of hydrogen-bond donors (Lipinski definition) is 3. The summed E-state index contributed by atoms with van der Waals surface area (Å²) in [5.41, 5.74) is 2.90. The summed E-state index contributed by atoms with van der Waals surface area (Å²) in [4.78, 5) is 24.1. The third kappa shape index (κ3) is 5.57. The van der Waals surface area contributed by atoms with Crippen LogP contribution in [0.3, 0.4) is 0 Å². The molecule has 0 aliphatic carbocycles. The molecule has 0 atom stereocenters. The zero-order chi connectivity index (χ0) is 23.0. The number of rotatable bonds is 9. The lowest BCUT2D eigenvalue weighted by Crippen LogP contribution is -2.27. The number of nitrogens with one attached hydrogen (secondary N) is 3. The van der Waals surface area contributed by atoms with Crippen molar-refractivity contribution in [3.8, 4) is 16.9 Å². The molecule has 168 valence electrons. The van der Waals surface area contributed by atoms with Gasteiger partial charge in [0.25, 0.3) is 5.56 Å². The van der Waals surface area contributed by atoms with Crippen LogP contribution in [0, 0.1) is 0 Å². The van der Waals surface area contributed by atoms with Gasteiger partial charge in [0.2, 0.25) is 5.91 Å². The summed E-state index contributed by atoms with van der Waals surface area (Å²) in [7, 11) is 1.65. The fourth-order valence-electron chi connectivity index (χ4n) is 3.64. The minimum Gasteiger partial charge on any atom is -0.497 e. The second-order valence-corrected chi connectivity index (χ2v) is 7.68. The molecule has 1 amide bonds. The lowest BCUT2D eigenvalue weighted by Gasteiger charge is -2.09. The minimum absolute atomic E-state index is 0.0169. The number of benzene rings is 3. The van der Waals surface area contributed by atoms with Gasteiger partial charge in [-0.2, -0.15) is 5.10 Å². The first-order chi connectivity index (χ1) is 16.1. The second-order valence-electron chi connectivity index (χ2n) is 7.68. The Kier molecular flexibility index (Phi) is 6.99. The molecular formula is C26H26N4O3. The maximum absolute atomic E-state index is 12.3. The van der Waals surface area contributed by atoms with Crippen LogP contribution < -0.4 is 20.9 Å². The highest BCUT2D eigenvalue weighted by Crippen LogP contribution is 2.24. The van der Waals surface area contributed by atoms with Crippen molar-refractivity contribution in [2.75, 3.05) is 25.5 Å². The van der Waals surface area contributed by atoms with Gasteiger partial charge in [0.1, 0.15) is 5.75 Å². The van der Waals surface area contributed by atoms with E-state index >= 15 is 0 Å². The normalized spacial score (nSPS) is 10.7. The van der Waals surface area contributed by atoms with E-state index in [1.54, 1.807) is 13.2 Å². The maximum atomic E-state index is 12.3. The monoisotopic (exact) mass is 442 g/mol. The molecule has 3 aromatic carbocycles. The number of fused-ring (bicyclic) bond motifs is 1. The molecule has 4 rings (SSSR count). The lowest BCUT2D eigenvalue weighted by atomic mass is 10.0. The summed E-state index contributed by atoms with van der Waals surface area (Å²) in [6, 6.07) is 23.2. The quantitative estimate of drug-likeness (QED) is 0.343. The fraction of sp³-hybridized carbons (Fsp3) is 0.192. The van der Waals surface area contributed by atoms with Crippen LogP contribution in [0.4, 0.5) is 5.82 Å². The Labute approximate surface area is 191 Å². The molecule has 0 saturated carbocycles. The summed E-state index contributed by atoms with van der Waals surface area (Å²) < 4.78 is 5.28. The van der Waals surface area contributed by atoms with Gasteiger partial charge in [-0.25, -0.2) is 5.10 Å². The zero-order valence-corrected chi connectivity index (χ0v) is 18.4. The average Bonchev–Trinajstić information content (AvgIpc) is 2.86. The number of methoxy groups -OCH3 is 1. The molecule has 1 aromatic heterocycles. The molecule has 0 bridgehead atoms. The molecule has 3 N–H and O–H groups in total. The first-order valence-electron chi connectivity index (χ1n) is 10.9. The summed E-state index contributed by atoms with van der Waals surface area (Å²) in [6.07, 6.45) is 1.06. The Balaban J connectivity index is 1.23. The van der Waals surface area contributed by atoms with E-state index in [0.717, 1.165) is 34.2 Å². The van der Waals surface area contributed by atoms with E-state index < -0.39 is 0 Å². The standard InChI is InChI=1S/C26H26N4O3/c1-33-21-7-4-6-20(17-21)19-12-10-18(11-13-19)16-24(31)27-14-5-15-28-25-22-8-2-3-9-23(22)26(32)30-29-25/h2-4,6-13,17H,5,14-16H2,1H3,(H,27,31)(H,28,29)(H,30,32). The number of carbonyl (C=O) groups excluding carboxylic acids is 1. The van der Waals surface area contributed by atoms with Crippen LogP contribution in [-0.4, -0.2) is 36.3 Å². The van der Waals surface area contributed by atoms with Crippen LogP contribution in [0.15, 0.2) is 77.6 Å². The second kappa shape index (κ2) is 10.5. The van der Waals surface area contributed by atoms with Gasteiger partial charge in [0.15, 0.2) is 5.82 Å². The summed E-state index contributed by atoms with van der Waals surface area (Å²) in [6.45, 7) is 1.17. The predicted octanol–water partition coefficient (Wildman–Crippen LogP) is 3.76. The number of anilines is 1. The lowest BCUT2D eigenvalue weighted by molar-refractivity contribution is -0.120. The summed E-state index contributed by atoms with van der Waals surface area (Å²) in [5, 5.41) is 14.2. The van der Waals surface area contributed by atoms with Gasteiger partial charge < -0.3 is 15.4 Å². The van der Waals surface area contributed by atoms with Crippen LogP contribution in [-0.2, 0) is 11.2 Å². The topological polar surface area (TPSA) is 96.1 Å². The molecule has 0 unspecified atom stereocenters. The van der Waals surface area contributed by atoms with Crippen molar-refractivity contribution in [2.24, 2.45) is 0 Å². The fourth-order valence-corrected chi connectivity index (χ4v) is 3.64. The largest absolute Gasteiger partial charge is 0.497 e. The van der Waals surface area contributed by atoms with Crippen LogP contribution >= 0.6 is 0 Å². The first kappa shape index (κ1) is 22.1. The highest BCUT2D eigenvalue weighted by Gasteiger charge is 2.07. The number of H-pyrrole nitrogens is 1. The third-order valence-corrected chi connectivity index (χ3v) is 5.39. The maximum Gasteiger partial charge on any atom is 0.272 e. The number of aromatic nitrogens is 2. The van der Waals surface area contributed by atoms with Crippen molar-refractivity contribution in [2.45, 2.75) is 12.8 Å². The SMILES string of the molecule is COc1cccc(-c2ccc(CC(=O)NCCCNc3n[nH]c(=O)c4ccccc34)cc2)c1. The van der Waals surface area contributed by atoms with E-state index in [1.807, 2.05) is 66.7 Å². The van der Waals surface area contributed by atoms with Crippen molar-refractivity contribution < 1.29 is 9.53 Å². The van der Waals surface area contributed by atoms with Gasteiger partial charge in [0, 0.05) is 18.5 Å². The molecule has 33 heavy (non-hydrogen) atoms. The molecule has 0 aliphatic heterocycles. The van der Waals surface area contributed by atoms with Crippen molar-refractivity contribution >= 4 is 22.5 Å². The van der Waals surface area contributed by atoms with Crippen molar-refractivity contribution in [1.29, 1.82) is 0 Å². The highest BCUT2D eigenvalue weighted by molar-refractivity contribution is 5.90. The molecule has 0 fully saturated rings. The minimum atomic E-state index is -0.208. The molecular weight excluding hydrogens is 416 g/mol. The smallest absolute Gasteiger partial charge is 0.272 e. The van der Waals surface area contributed by atoms with E-state index in [2.05, 4.69) is 20.8 Å². The highest BCUT2D eigenvalue weighted by atomic mass is 16.5. The molecule has 4 aromatic rings. The van der Waals surface area contributed by atoms with Gasteiger partial charge in [-0.05, 0) is 41.3 Å². The Morgan fingerprint density at radius 1 is 0.939 bits per heavy atom. The molecule has 1 heterocycles. The Morgan fingerprint density at radius 3 is 2.52 bits per heavy atom. The van der Waals surface area contributed by atoms with Crippen LogP contribution in [0.5, 0.6) is 5.75 Å². The van der Waals surface area contributed by atoms with Crippen molar-refractivity contribution in [1.82, 2.24) is 15.5 Å². The molecule has 0 saturated heterocycles. The molecule has 0 radical (unpaired) electrons. The van der Waals surface area contributed by atoms with E-state index in [-0.39, 0.29) is 11.5 Å². The first-order valence-corrected chi connectivity index (χ1v) is 10.9. The summed E-state index contributed by atoms with van der Waals surface area (Å²) >= 11 is 0. The molecule has 7 heteroatoms.